The first-order valence-corrected chi connectivity index (χ1v) is 6.05. The SMILES string of the molecule is NC1(c2ccccc2)CCc2ncccc2C1. The van der Waals surface area contributed by atoms with E-state index < -0.39 is 0 Å². The minimum Gasteiger partial charge on any atom is -0.321 e. The molecule has 0 saturated carbocycles. The van der Waals surface area contributed by atoms with Gasteiger partial charge in [-0.25, -0.2) is 0 Å². The van der Waals surface area contributed by atoms with Crippen molar-refractivity contribution in [3.8, 4) is 0 Å². The van der Waals surface area contributed by atoms with Gasteiger partial charge in [-0.05, 0) is 36.5 Å². The van der Waals surface area contributed by atoms with Crippen molar-refractivity contribution >= 4 is 0 Å². The summed E-state index contributed by atoms with van der Waals surface area (Å²) in [7, 11) is 0. The Balaban J connectivity index is 1.98. The molecule has 2 heteroatoms. The highest BCUT2D eigenvalue weighted by Gasteiger charge is 2.32. The average Bonchev–Trinajstić information content (AvgIpc) is 2.40. The molecule has 0 aliphatic heterocycles. The lowest BCUT2D eigenvalue weighted by Gasteiger charge is -2.34. The number of hydrogen-bond donors (Lipinski definition) is 1. The summed E-state index contributed by atoms with van der Waals surface area (Å²) >= 11 is 0. The molecule has 0 radical (unpaired) electrons. The van der Waals surface area contributed by atoms with Crippen molar-refractivity contribution in [1.29, 1.82) is 0 Å². The van der Waals surface area contributed by atoms with Crippen LogP contribution in [0.15, 0.2) is 48.7 Å². The first-order chi connectivity index (χ1) is 8.28. The predicted octanol–water partition coefficient (Wildman–Crippen LogP) is 2.42. The third-order valence-electron chi connectivity index (χ3n) is 3.65. The first kappa shape index (κ1) is 10.5. The average molecular weight is 224 g/mol. The molecule has 0 bridgehead atoms. The van der Waals surface area contributed by atoms with Gasteiger partial charge in [0.1, 0.15) is 0 Å². The van der Waals surface area contributed by atoms with Gasteiger partial charge in [-0.3, -0.25) is 4.98 Å². The highest BCUT2D eigenvalue weighted by atomic mass is 14.8. The summed E-state index contributed by atoms with van der Waals surface area (Å²) in [5.41, 5.74) is 10.1. The zero-order chi connectivity index (χ0) is 11.7. The number of hydrogen-bond acceptors (Lipinski definition) is 2. The third kappa shape index (κ3) is 1.85. The highest BCUT2D eigenvalue weighted by molar-refractivity contribution is 5.33. The number of fused-ring (bicyclic) bond motifs is 1. The number of nitrogens with zero attached hydrogens (tertiary/aromatic N) is 1. The number of rotatable bonds is 1. The van der Waals surface area contributed by atoms with Crippen molar-refractivity contribution in [2.24, 2.45) is 5.73 Å². The molecule has 0 spiro atoms. The van der Waals surface area contributed by atoms with E-state index in [0.29, 0.717) is 0 Å². The summed E-state index contributed by atoms with van der Waals surface area (Å²) in [6.45, 7) is 0. The molecule has 1 aliphatic carbocycles. The molecule has 2 N–H and O–H groups in total. The van der Waals surface area contributed by atoms with Crippen LogP contribution in [-0.2, 0) is 18.4 Å². The Morgan fingerprint density at radius 2 is 1.88 bits per heavy atom. The zero-order valence-electron chi connectivity index (χ0n) is 9.76. The van der Waals surface area contributed by atoms with Gasteiger partial charge in [0, 0.05) is 17.4 Å². The van der Waals surface area contributed by atoms with Crippen LogP contribution in [0.25, 0.3) is 0 Å². The molecule has 1 atom stereocenters. The lowest BCUT2D eigenvalue weighted by molar-refractivity contribution is 0.381. The van der Waals surface area contributed by atoms with Crippen molar-refractivity contribution in [2.75, 3.05) is 0 Å². The molecule has 3 rings (SSSR count). The zero-order valence-corrected chi connectivity index (χ0v) is 9.76. The van der Waals surface area contributed by atoms with Crippen LogP contribution in [-0.4, -0.2) is 4.98 Å². The van der Waals surface area contributed by atoms with Crippen LogP contribution in [0.2, 0.25) is 0 Å². The first-order valence-electron chi connectivity index (χ1n) is 6.05. The molecular formula is C15H16N2. The van der Waals surface area contributed by atoms with E-state index in [1.807, 2.05) is 18.3 Å². The fourth-order valence-corrected chi connectivity index (χ4v) is 2.64. The number of benzene rings is 1. The highest BCUT2D eigenvalue weighted by Crippen LogP contribution is 2.33. The van der Waals surface area contributed by atoms with E-state index in [9.17, 15) is 0 Å². The van der Waals surface area contributed by atoms with Crippen LogP contribution in [0.4, 0.5) is 0 Å². The molecule has 0 amide bonds. The van der Waals surface area contributed by atoms with E-state index in [4.69, 9.17) is 5.73 Å². The number of pyridine rings is 1. The molecule has 86 valence electrons. The van der Waals surface area contributed by atoms with Gasteiger partial charge >= 0.3 is 0 Å². The van der Waals surface area contributed by atoms with E-state index >= 15 is 0 Å². The fraction of sp³-hybridized carbons (Fsp3) is 0.267. The molecule has 1 aliphatic rings. The van der Waals surface area contributed by atoms with Gasteiger partial charge in [0.2, 0.25) is 0 Å². The van der Waals surface area contributed by atoms with Crippen molar-refractivity contribution in [1.82, 2.24) is 4.98 Å². The lowest BCUT2D eigenvalue weighted by Crippen LogP contribution is -2.42. The van der Waals surface area contributed by atoms with E-state index in [0.717, 1.165) is 19.3 Å². The molecule has 0 saturated heterocycles. The topological polar surface area (TPSA) is 38.9 Å². The van der Waals surface area contributed by atoms with Crippen molar-refractivity contribution in [2.45, 2.75) is 24.8 Å². The fourth-order valence-electron chi connectivity index (χ4n) is 2.64. The normalized spacial score (nSPS) is 23.1. The summed E-state index contributed by atoms with van der Waals surface area (Å²) in [6, 6.07) is 14.5. The quantitative estimate of drug-likeness (QED) is 0.808. The minimum atomic E-state index is -0.225. The summed E-state index contributed by atoms with van der Waals surface area (Å²) in [5, 5.41) is 0. The van der Waals surface area contributed by atoms with Crippen LogP contribution in [0.5, 0.6) is 0 Å². The molecule has 1 aromatic carbocycles. The van der Waals surface area contributed by atoms with Gasteiger partial charge in [0.05, 0.1) is 0 Å². The van der Waals surface area contributed by atoms with Crippen molar-refractivity contribution in [3.63, 3.8) is 0 Å². The number of nitrogens with two attached hydrogens (primary N) is 1. The Hall–Kier alpha value is -1.67. The van der Waals surface area contributed by atoms with Gasteiger partial charge in [-0.1, -0.05) is 36.4 Å². The van der Waals surface area contributed by atoms with Crippen LogP contribution < -0.4 is 5.73 Å². The van der Waals surface area contributed by atoms with E-state index in [1.165, 1.54) is 16.8 Å². The maximum absolute atomic E-state index is 6.57. The molecule has 1 aromatic heterocycles. The molecule has 0 fully saturated rings. The predicted molar refractivity (Wildman–Crippen MR) is 68.6 cm³/mol. The summed E-state index contributed by atoms with van der Waals surface area (Å²) in [5.74, 6) is 0. The second-order valence-corrected chi connectivity index (χ2v) is 4.81. The molecular weight excluding hydrogens is 208 g/mol. The van der Waals surface area contributed by atoms with Gasteiger partial charge in [0.15, 0.2) is 0 Å². The maximum atomic E-state index is 6.57. The number of aromatic nitrogens is 1. The Labute approximate surface area is 102 Å². The smallest absolute Gasteiger partial charge is 0.0454 e. The molecule has 2 aromatic rings. The van der Waals surface area contributed by atoms with Gasteiger partial charge in [0.25, 0.3) is 0 Å². The van der Waals surface area contributed by atoms with E-state index in [1.54, 1.807) is 0 Å². The van der Waals surface area contributed by atoms with Crippen LogP contribution in [0.3, 0.4) is 0 Å². The second kappa shape index (κ2) is 3.97. The van der Waals surface area contributed by atoms with Crippen LogP contribution in [0, 0.1) is 0 Å². The van der Waals surface area contributed by atoms with Gasteiger partial charge < -0.3 is 5.73 Å². The largest absolute Gasteiger partial charge is 0.321 e. The Morgan fingerprint density at radius 1 is 1.06 bits per heavy atom. The molecule has 1 heterocycles. The van der Waals surface area contributed by atoms with Crippen molar-refractivity contribution in [3.05, 3.63) is 65.5 Å². The summed E-state index contributed by atoms with van der Waals surface area (Å²) in [6.07, 6.45) is 4.70. The lowest BCUT2D eigenvalue weighted by atomic mass is 9.76. The third-order valence-corrected chi connectivity index (χ3v) is 3.65. The van der Waals surface area contributed by atoms with E-state index in [-0.39, 0.29) is 5.54 Å². The van der Waals surface area contributed by atoms with Gasteiger partial charge in [-0.2, -0.15) is 0 Å². The molecule has 2 nitrogen and oxygen atoms in total. The molecule has 1 unspecified atom stereocenters. The van der Waals surface area contributed by atoms with Crippen LogP contribution >= 0.6 is 0 Å². The number of aryl methyl sites for hydroxylation is 1. The standard InChI is InChI=1S/C15H16N2/c16-15(13-6-2-1-3-7-13)9-8-14-12(11-15)5-4-10-17-14/h1-7,10H,8-9,11,16H2. The van der Waals surface area contributed by atoms with Crippen molar-refractivity contribution < 1.29 is 0 Å². The molecule has 17 heavy (non-hydrogen) atoms. The van der Waals surface area contributed by atoms with Gasteiger partial charge in [-0.15, -0.1) is 0 Å². The summed E-state index contributed by atoms with van der Waals surface area (Å²) in [4.78, 5) is 4.42. The second-order valence-electron chi connectivity index (χ2n) is 4.81. The maximum Gasteiger partial charge on any atom is 0.0454 e. The monoisotopic (exact) mass is 224 g/mol. The minimum absolute atomic E-state index is 0.225. The van der Waals surface area contributed by atoms with Crippen LogP contribution in [0.1, 0.15) is 23.2 Å². The van der Waals surface area contributed by atoms with E-state index in [2.05, 4.69) is 35.3 Å². The summed E-state index contributed by atoms with van der Waals surface area (Å²) < 4.78 is 0. The Bertz CT molecular complexity index is 521. The Morgan fingerprint density at radius 3 is 2.71 bits per heavy atom. The Kier molecular flexibility index (Phi) is 2.45.